The predicted octanol–water partition coefficient (Wildman–Crippen LogP) is 2.32. The summed E-state index contributed by atoms with van der Waals surface area (Å²) < 4.78 is 0. The van der Waals surface area contributed by atoms with Crippen molar-refractivity contribution >= 4 is 12.0 Å². The largest absolute Gasteiger partial charge is 0.481 e. The molecule has 3 aliphatic rings. The fraction of sp³-hybridized carbons (Fsp3) is 0.875. The van der Waals surface area contributed by atoms with E-state index in [0.717, 1.165) is 18.4 Å². The van der Waals surface area contributed by atoms with Gasteiger partial charge in [0.2, 0.25) is 0 Å². The summed E-state index contributed by atoms with van der Waals surface area (Å²) in [7, 11) is 0. The minimum Gasteiger partial charge on any atom is -0.481 e. The number of nitrogens with zero attached hydrogens (tertiary/aromatic N) is 1. The molecular formula is C16H26N2O3. The molecule has 2 aliphatic carbocycles. The van der Waals surface area contributed by atoms with Crippen LogP contribution in [-0.4, -0.2) is 41.6 Å². The van der Waals surface area contributed by atoms with E-state index in [1.54, 1.807) is 4.90 Å². The lowest BCUT2D eigenvalue weighted by Gasteiger charge is -2.24. The number of amides is 2. The van der Waals surface area contributed by atoms with Crippen LogP contribution in [0.15, 0.2) is 0 Å². The zero-order valence-electron chi connectivity index (χ0n) is 12.8. The molecule has 5 nitrogen and oxygen atoms in total. The maximum absolute atomic E-state index is 12.3. The maximum atomic E-state index is 12.3. The number of carboxylic acid groups (broad SMARTS) is 1. The molecule has 21 heavy (non-hydrogen) atoms. The molecule has 3 rings (SSSR count). The molecule has 1 heterocycles. The Balaban J connectivity index is 1.50. The lowest BCUT2D eigenvalue weighted by Crippen LogP contribution is -2.43. The van der Waals surface area contributed by atoms with Crippen molar-refractivity contribution in [3.8, 4) is 0 Å². The molecule has 1 unspecified atom stereocenters. The van der Waals surface area contributed by atoms with Gasteiger partial charge in [0.1, 0.15) is 0 Å². The third kappa shape index (κ3) is 3.01. The summed E-state index contributed by atoms with van der Waals surface area (Å²) in [6.07, 6.45) is 6.43. The van der Waals surface area contributed by atoms with E-state index in [1.807, 2.05) is 6.92 Å². The summed E-state index contributed by atoms with van der Waals surface area (Å²) in [4.78, 5) is 25.4. The minimum absolute atomic E-state index is 0.0714. The molecule has 1 saturated heterocycles. The van der Waals surface area contributed by atoms with E-state index in [2.05, 4.69) is 5.32 Å². The van der Waals surface area contributed by atoms with Crippen LogP contribution in [0.1, 0.15) is 45.4 Å². The van der Waals surface area contributed by atoms with Gasteiger partial charge in [0, 0.05) is 19.6 Å². The van der Waals surface area contributed by atoms with E-state index >= 15 is 0 Å². The number of nitrogens with one attached hydrogen (secondary N) is 1. The summed E-state index contributed by atoms with van der Waals surface area (Å²) in [6, 6.07) is -0.0714. The highest BCUT2D eigenvalue weighted by atomic mass is 16.4. The Bertz CT molecular complexity index is 419. The number of aliphatic carboxylic acids is 1. The molecule has 0 aromatic heterocycles. The van der Waals surface area contributed by atoms with E-state index in [4.69, 9.17) is 0 Å². The second-order valence-corrected chi connectivity index (χ2v) is 7.14. The van der Waals surface area contributed by atoms with E-state index in [1.165, 1.54) is 25.7 Å². The van der Waals surface area contributed by atoms with Gasteiger partial charge in [-0.2, -0.15) is 0 Å². The number of carboxylic acids is 1. The zero-order valence-corrected chi connectivity index (χ0v) is 12.8. The van der Waals surface area contributed by atoms with Gasteiger partial charge in [-0.1, -0.05) is 6.92 Å². The molecule has 0 bridgehead atoms. The quantitative estimate of drug-likeness (QED) is 0.790. The van der Waals surface area contributed by atoms with Crippen molar-refractivity contribution in [2.45, 2.75) is 45.4 Å². The number of rotatable bonds is 6. The van der Waals surface area contributed by atoms with Crippen LogP contribution in [0.2, 0.25) is 0 Å². The molecule has 2 saturated carbocycles. The van der Waals surface area contributed by atoms with Crippen LogP contribution in [0.25, 0.3) is 0 Å². The molecule has 3 fully saturated rings. The third-order valence-electron chi connectivity index (χ3n) is 5.72. The molecule has 2 amide bonds. The van der Waals surface area contributed by atoms with Crippen LogP contribution in [0, 0.1) is 23.2 Å². The highest BCUT2D eigenvalue weighted by Gasteiger charge is 2.45. The topological polar surface area (TPSA) is 69.6 Å². The Labute approximate surface area is 126 Å². The molecule has 0 spiro atoms. The van der Waals surface area contributed by atoms with Crippen molar-refractivity contribution in [1.82, 2.24) is 10.2 Å². The third-order valence-corrected chi connectivity index (χ3v) is 5.72. The Morgan fingerprint density at radius 1 is 1.29 bits per heavy atom. The first kappa shape index (κ1) is 14.7. The molecule has 118 valence electrons. The molecule has 0 radical (unpaired) electrons. The standard InChI is InChI=1S/C16H26N2O3/c1-2-16(14(19)20)7-8-18(10-16)15(21)17-9-13(11-3-4-11)12-5-6-12/h11-13H,2-10H2,1H3,(H,17,21)(H,19,20). The first-order valence-electron chi connectivity index (χ1n) is 8.32. The molecule has 1 aliphatic heterocycles. The molecule has 2 N–H and O–H groups in total. The Morgan fingerprint density at radius 2 is 1.90 bits per heavy atom. The summed E-state index contributed by atoms with van der Waals surface area (Å²) in [5, 5.41) is 12.4. The number of likely N-dealkylation sites (tertiary alicyclic amines) is 1. The summed E-state index contributed by atoms with van der Waals surface area (Å²) in [6.45, 7) is 3.58. The van der Waals surface area contributed by atoms with Crippen LogP contribution in [0.4, 0.5) is 4.79 Å². The number of hydrogen-bond acceptors (Lipinski definition) is 2. The first-order chi connectivity index (χ1) is 10.1. The van der Waals surface area contributed by atoms with Gasteiger partial charge in [0.25, 0.3) is 0 Å². The Morgan fingerprint density at radius 3 is 2.33 bits per heavy atom. The number of carbonyl (C=O) groups excluding carboxylic acids is 1. The summed E-state index contributed by atoms with van der Waals surface area (Å²) in [5.41, 5.74) is -0.732. The van der Waals surface area contributed by atoms with Crippen LogP contribution < -0.4 is 5.32 Å². The lowest BCUT2D eigenvalue weighted by atomic mass is 9.84. The van der Waals surface area contributed by atoms with E-state index in [0.29, 0.717) is 31.8 Å². The van der Waals surface area contributed by atoms with Crippen molar-refractivity contribution in [1.29, 1.82) is 0 Å². The van der Waals surface area contributed by atoms with Crippen molar-refractivity contribution < 1.29 is 14.7 Å². The molecule has 0 aromatic rings. The Hall–Kier alpha value is -1.26. The van der Waals surface area contributed by atoms with Crippen LogP contribution >= 0.6 is 0 Å². The number of hydrogen-bond donors (Lipinski definition) is 2. The average Bonchev–Trinajstić information content (AvgIpc) is 3.38. The summed E-state index contributed by atoms with van der Waals surface area (Å²) in [5.74, 6) is 1.54. The second kappa shape index (κ2) is 5.50. The first-order valence-corrected chi connectivity index (χ1v) is 8.32. The molecule has 0 aromatic carbocycles. The van der Waals surface area contributed by atoms with Crippen LogP contribution in [-0.2, 0) is 4.79 Å². The molecule has 1 atom stereocenters. The highest BCUT2D eigenvalue weighted by Crippen LogP contribution is 2.48. The smallest absolute Gasteiger partial charge is 0.317 e. The highest BCUT2D eigenvalue weighted by molar-refractivity contribution is 5.79. The van der Waals surface area contributed by atoms with Gasteiger partial charge in [-0.3, -0.25) is 4.79 Å². The second-order valence-electron chi connectivity index (χ2n) is 7.14. The van der Waals surface area contributed by atoms with Gasteiger partial charge in [-0.15, -0.1) is 0 Å². The van der Waals surface area contributed by atoms with Crippen LogP contribution in [0.5, 0.6) is 0 Å². The minimum atomic E-state index is -0.769. The lowest BCUT2D eigenvalue weighted by molar-refractivity contribution is -0.148. The molecular weight excluding hydrogens is 268 g/mol. The van der Waals surface area contributed by atoms with Gasteiger partial charge in [-0.25, -0.2) is 4.79 Å². The van der Waals surface area contributed by atoms with Gasteiger partial charge in [0.15, 0.2) is 0 Å². The van der Waals surface area contributed by atoms with E-state index in [9.17, 15) is 14.7 Å². The monoisotopic (exact) mass is 294 g/mol. The number of urea groups is 1. The average molecular weight is 294 g/mol. The van der Waals surface area contributed by atoms with Crippen molar-refractivity contribution in [3.63, 3.8) is 0 Å². The zero-order chi connectivity index (χ0) is 15.0. The van der Waals surface area contributed by atoms with Crippen LogP contribution in [0.3, 0.4) is 0 Å². The maximum Gasteiger partial charge on any atom is 0.317 e. The molecule has 5 heteroatoms. The van der Waals surface area contributed by atoms with E-state index < -0.39 is 11.4 Å². The van der Waals surface area contributed by atoms with E-state index in [-0.39, 0.29) is 6.03 Å². The fourth-order valence-electron chi connectivity index (χ4n) is 3.74. The summed E-state index contributed by atoms with van der Waals surface area (Å²) >= 11 is 0. The van der Waals surface area contributed by atoms with Crippen molar-refractivity contribution in [3.05, 3.63) is 0 Å². The van der Waals surface area contributed by atoms with Crippen molar-refractivity contribution in [2.75, 3.05) is 19.6 Å². The predicted molar refractivity (Wildman–Crippen MR) is 78.9 cm³/mol. The normalized spacial score (nSPS) is 29.0. The SMILES string of the molecule is CCC1(C(=O)O)CCN(C(=O)NCC(C2CC2)C2CC2)C1. The van der Waals surface area contributed by atoms with Gasteiger partial charge in [-0.05, 0) is 56.3 Å². The van der Waals surface area contributed by atoms with Gasteiger partial charge >= 0.3 is 12.0 Å². The van der Waals surface area contributed by atoms with Gasteiger partial charge in [0.05, 0.1) is 5.41 Å². The van der Waals surface area contributed by atoms with Gasteiger partial charge < -0.3 is 15.3 Å². The Kier molecular flexibility index (Phi) is 3.84. The fourth-order valence-corrected chi connectivity index (χ4v) is 3.74. The van der Waals surface area contributed by atoms with Crippen molar-refractivity contribution in [2.24, 2.45) is 23.2 Å². The number of carbonyl (C=O) groups is 2.